The van der Waals surface area contributed by atoms with Gasteiger partial charge in [0.1, 0.15) is 5.82 Å². The Kier molecular flexibility index (Phi) is 5.44. The molecule has 0 aliphatic heterocycles. The molecule has 0 aliphatic carbocycles. The molecule has 0 bridgehead atoms. The zero-order valence-electron chi connectivity index (χ0n) is 16.6. The quantitative estimate of drug-likeness (QED) is 0.357. The first-order valence-electron chi connectivity index (χ1n) is 9.82. The number of Topliss-reactive ketones (excluding diaryl/α,β-unsaturated/α-hetero) is 1. The van der Waals surface area contributed by atoms with Crippen molar-refractivity contribution in [1.82, 2.24) is 9.88 Å². The Balaban J connectivity index is 1.78. The summed E-state index contributed by atoms with van der Waals surface area (Å²) in [7, 11) is 0. The summed E-state index contributed by atoms with van der Waals surface area (Å²) in [4.78, 5) is 31.2. The standard InChI is InChI=1S/C25H21FN2O2/c1-2-28(16-17-9-5-3-6-10-17)25(30)24(29)22-20-15-19(26)13-14-21(20)27-23(22)18-11-7-4-8-12-18/h3-15,27H,2,16H2,1H3. The topological polar surface area (TPSA) is 53.2 Å². The number of carbonyl (C=O) groups excluding carboxylic acids is 2. The minimum Gasteiger partial charge on any atom is -0.354 e. The summed E-state index contributed by atoms with van der Waals surface area (Å²) < 4.78 is 14.0. The number of halogens is 1. The molecule has 3 aromatic carbocycles. The number of carbonyl (C=O) groups is 2. The molecule has 5 heteroatoms. The van der Waals surface area contributed by atoms with Crippen molar-refractivity contribution in [1.29, 1.82) is 0 Å². The Labute approximate surface area is 174 Å². The van der Waals surface area contributed by atoms with E-state index < -0.39 is 17.5 Å². The Morgan fingerprint density at radius 2 is 1.60 bits per heavy atom. The van der Waals surface area contributed by atoms with Crippen molar-refractivity contribution in [3.63, 3.8) is 0 Å². The van der Waals surface area contributed by atoms with Gasteiger partial charge in [-0.1, -0.05) is 60.7 Å². The van der Waals surface area contributed by atoms with Gasteiger partial charge in [-0.3, -0.25) is 9.59 Å². The molecule has 1 aromatic heterocycles. The number of hydrogen-bond donors (Lipinski definition) is 1. The number of nitrogens with zero attached hydrogens (tertiary/aromatic N) is 1. The number of aromatic amines is 1. The summed E-state index contributed by atoms with van der Waals surface area (Å²) in [5.41, 5.74) is 3.03. The second-order valence-corrected chi connectivity index (χ2v) is 7.06. The van der Waals surface area contributed by atoms with Gasteiger partial charge >= 0.3 is 0 Å². The number of amides is 1. The summed E-state index contributed by atoms with van der Waals surface area (Å²) in [5.74, 6) is -1.72. The minimum absolute atomic E-state index is 0.201. The fourth-order valence-corrected chi connectivity index (χ4v) is 3.60. The Morgan fingerprint density at radius 3 is 2.27 bits per heavy atom. The Hall–Kier alpha value is -3.73. The average molecular weight is 400 g/mol. The van der Waals surface area contributed by atoms with Crippen molar-refractivity contribution in [2.45, 2.75) is 13.5 Å². The van der Waals surface area contributed by atoms with Crippen LogP contribution in [0.2, 0.25) is 0 Å². The molecule has 0 atom stereocenters. The van der Waals surface area contributed by atoms with E-state index in [9.17, 15) is 14.0 Å². The first kappa shape index (κ1) is 19.6. The molecule has 1 N–H and O–H groups in total. The van der Waals surface area contributed by atoms with Gasteiger partial charge in [0.05, 0.1) is 11.3 Å². The van der Waals surface area contributed by atoms with Gasteiger partial charge < -0.3 is 9.88 Å². The molecule has 150 valence electrons. The number of nitrogens with one attached hydrogen (secondary N) is 1. The van der Waals surface area contributed by atoms with Crippen LogP contribution in [-0.4, -0.2) is 28.1 Å². The molecule has 0 radical (unpaired) electrons. The fraction of sp³-hybridized carbons (Fsp3) is 0.120. The lowest BCUT2D eigenvalue weighted by molar-refractivity contribution is -0.126. The van der Waals surface area contributed by atoms with Crippen LogP contribution in [0.4, 0.5) is 4.39 Å². The average Bonchev–Trinajstić information content (AvgIpc) is 3.16. The normalized spacial score (nSPS) is 10.9. The number of aromatic nitrogens is 1. The van der Waals surface area contributed by atoms with Crippen LogP contribution < -0.4 is 0 Å². The maximum Gasteiger partial charge on any atom is 0.295 e. The zero-order chi connectivity index (χ0) is 21.1. The summed E-state index contributed by atoms with van der Waals surface area (Å²) in [6, 6.07) is 23.0. The molecule has 0 unspecified atom stereocenters. The highest BCUT2D eigenvalue weighted by atomic mass is 19.1. The van der Waals surface area contributed by atoms with Crippen LogP contribution in [0.1, 0.15) is 22.8 Å². The van der Waals surface area contributed by atoms with Crippen molar-refractivity contribution < 1.29 is 14.0 Å². The predicted molar refractivity (Wildman–Crippen MR) is 116 cm³/mol. The van der Waals surface area contributed by atoms with Crippen molar-refractivity contribution >= 4 is 22.6 Å². The van der Waals surface area contributed by atoms with E-state index in [-0.39, 0.29) is 5.56 Å². The van der Waals surface area contributed by atoms with Crippen LogP contribution in [0.5, 0.6) is 0 Å². The van der Waals surface area contributed by atoms with Crippen LogP contribution >= 0.6 is 0 Å². The predicted octanol–water partition coefficient (Wildman–Crippen LogP) is 5.21. The molecule has 0 fully saturated rings. The Bertz CT molecular complexity index is 1200. The van der Waals surface area contributed by atoms with Gasteiger partial charge in [0.15, 0.2) is 0 Å². The van der Waals surface area contributed by atoms with Gasteiger partial charge in [0, 0.05) is 24.0 Å². The third kappa shape index (κ3) is 3.74. The van der Waals surface area contributed by atoms with Crippen molar-refractivity contribution in [2.24, 2.45) is 0 Å². The molecule has 1 heterocycles. The second kappa shape index (κ2) is 8.33. The van der Waals surface area contributed by atoms with E-state index in [1.807, 2.05) is 67.6 Å². The first-order valence-corrected chi connectivity index (χ1v) is 9.82. The van der Waals surface area contributed by atoms with Crippen LogP contribution in [0.25, 0.3) is 22.2 Å². The maximum absolute atomic E-state index is 14.0. The van der Waals surface area contributed by atoms with E-state index in [0.717, 1.165) is 11.1 Å². The van der Waals surface area contributed by atoms with E-state index in [1.54, 1.807) is 6.07 Å². The summed E-state index contributed by atoms with van der Waals surface area (Å²) in [6.07, 6.45) is 0. The lowest BCUT2D eigenvalue weighted by Crippen LogP contribution is -2.36. The third-order valence-corrected chi connectivity index (χ3v) is 5.13. The smallest absolute Gasteiger partial charge is 0.295 e. The van der Waals surface area contributed by atoms with E-state index in [4.69, 9.17) is 0 Å². The number of likely N-dealkylation sites (N-methyl/N-ethyl adjacent to an activating group) is 1. The minimum atomic E-state index is -0.650. The monoisotopic (exact) mass is 400 g/mol. The van der Waals surface area contributed by atoms with Gasteiger partial charge in [-0.15, -0.1) is 0 Å². The van der Waals surface area contributed by atoms with Crippen LogP contribution in [0, 0.1) is 5.82 Å². The van der Waals surface area contributed by atoms with Crippen LogP contribution in [0.3, 0.4) is 0 Å². The third-order valence-electron chi connectivity index (χ3n) is 5.13. The molecule has 4 rings (SSSR count). The zero-order valence-corrected chi connectivity index (χ0v) is 16.6. The SMILES string of the molecule is CCN(Cc1ccccc1)C(=O)C(=O)c1c(-c2ccccc2)[nH]c2ccc(F)cc12. The number of benzene rings is 3. The van der Waals surface area contributed by atoms with Gasteiger partial charge in [0.2, 0.25) is 0 Å². The van der Waals surface area contributed by atoms with Crippen molar-refractivity contribution in [2.75, 3.05) is 6.54 Å². The van der Waals surface area contributed by atoms with Gasteiger partial charge in [0.25, 0.3) is 11.7 Å². The molecule has 4 aromatic rings. The summed E-state index contributed by atoms with van der Waals surface area (Å²) in [6.45, 7) is 2.55. The molecule has 0 aliphatic rings. The van der Waals surface area contributed by atoms with E-state index in [1.165, 1.54) is 17.0 Å². The molecule has 1 amide bonds. The van der Waals surface area contributed by atoms with E-state index in [0.29, 0.717) is 29.7 Å². The molecule has 0 saturated heterocycles. The highest BCUT2D eigenvalue weighted by Crippen LogP contribution is 2.31. The van der Waals surface area contributed by atoms with Gasteiger partial charge in [-0.25, -0.2) is 4.39 Å². The highest BCUT2D eigenvalue weighted by Gasteiger charge is 2.28. The molecule has 0 saturated carbocycles. The molecular weight excluding hydrogens is 379 g/mol. The van der Waals surface area contributed by atoms with E-state index >= 15 is 0 Å². The van der Waals surface area contributed by atoms with Crippen molar-refractivity contribution in [3.05, 3.63) is 95.8 Å². The Morgan fingerprint density at radius 1 is 0.933 bits per heavy atom. The van der Waals surface area contributed by atoms with Crippen molar-refractivity contribution in [3.8, 4) is 11.3 Å². The van der Waals surface area contributed by atoms with E-state index in [2.05, 4.69) is 4.98 Å². The molecule has 30 heavy (non-hydrogen) atoms. The van der Waals surface area contributed by atoms with Gasteiger partial charge in [-0.2, -0.15) is 0 Å². The fourth-order valence-electron chi connectivity index (χ4n) is 3.60. The summed E-state index contributed by atoms with van der Waals surface area (Å²) in [5, 5.41) is 0.406. The summed E-state index contributed by atoms with van der Waals surface area (Å²) >= 11 is 0. The first-order chi connectivity index (χ1) is 14.6. The highest BCUT2D eigenvalue weighted by molar-refractivity contribution is 6.46. The number of ketones is 1. The molecule has 4 nitrogen and oxygen atoms in total. The molecule has 0 spiro atoms. The molecular formula is C25H21FN2O2. The number of H-pyrrole nitrogens is 1. The number of fused-ring (bicyclic) bond motifs is 1. The van der Waals surface area contributed by atoms with Gasteiger partial charge in [-0.05, 0) is 36.2 Å². The van der Waals surface area contributed by atoms with Crippen LogP contribution in [-0.2, 0) is 11.3 Å². The number of rotatable bonds is 6. The maximum atomic E-state index is 14.0. The van der Waals surface area contributed by atoms with Crippen LogP contribution in [0.15, 0.2) is 78.9 Å². The number of hydrogen-bond acceptors (Lipinski definition) is 2. The second-order valence-electron chi connectivity index (χ2n) is 7.06. The largest absolute Gasteiger partial charge is 0.354 e. The lowest BCUT2D eigenvalue weighted by atomic mass is 10.0. The lowest BCUT2D eigenvalue weighted by Gasteiger charge is -2.20.